The SMILES string of the molecule is CC(C)c1cc(C(C)C)c(-c2ccccc2PCCCCCCCl)c(C(C)C)c1. The van der Waals surface area contributed by atoms with Crippen LogP contribution in [0.1, 0.15) is 102 Å². The molecular weight excluding hydrogens is 391 g/mol. The van der Waals surface area contributed by atoms with Crippen LogP contribution in [0.2, 0.25) is 0 Å². The Hall–Kier alpha value is -0.840. The Balaban J connectivity index is 2.43. The lowest BCUT2D eigenvalue weighted by molar-refractivity contribution is 0.709. The predicted molar refractivity (Wildman–Crippen MR) is 136 cm³/mol. The smallest absolute Gasteiger partial charge is 0.0223 e. The van der Waals surface area contributed by atoms with E-state index in [2.05, 4.69) is 77.9 Å². The molecule has 160 valence electrons. The number of hydrogen-bond acceptors (Lipinski definition) is 0. The van der Waals surface area contributed by atoms with Gasteiger partial charge in [-0.2, -0.15) is 0 Å². The number of alkyl halides is 1. The molecule has 29 heavy (non-hydrogen) atoms. The Bertz CT molecular complexity index is 732. The predicted octanol–water partition coefficient (Wildman–Crippen LogP) is 8.83. The minimum Gasteiger partial charge on any atom is -0.127 e. The van der Waals surface area contributed by atoms with E-state index < -0.39 is 0 Å². The highest BCUT2D eigenvalue weighted by atomic mass is 35.5. The Morgan fingerprint density at radius 3 is 1.90 bits per heavy atom. The molecule has 0 bridgehead atoms. The standard InChI is InChI=1S/C27H40ClP/c1-19(2)22-17-24(20(3)4)27(25(18-22)21(5)6)23-13-9-10-14-26(23)29-16-12-8-7-11-15-28/h9-10,13-14,17-21,29H,7-8,11-12,15-16H2,1-6H3. The molecule has 1 atom stereocenters. The Kier molecular flexibility index (Phi) is 10.2. The zero-order chi connectivity index (χ0) is 21.4. The van der Waals surface area contributed by atoms with Crippen molar-refractivity contribution in [2.75, 3.05) is 12.0 Å². The van der Waals surface area contributed by atoms with E-state index in [-0.39, 0.29) is 0 Å². The van der Waals surface area contributed by atoms with Crippen LogP contribution in [0.4, 0.5) is 0 Å². The summed E-state index contributed by atoms with van der Waals surface area (Å²) in [5, 5.41) is 1.53. The van der Waals surface area contributed by atoms with E-state index in [1.807, 2.05) is 0 Å². The van der Waals surface area contributed by atoms with Gasteiger partial charge < -0.3 is 0 Å². The van der Waals surface area contributed by atoms with Crippen molar-refractivity contribution >= 4 is 25.5 Å². The third-order valence-corrected chi connectivity index (χ3v) is 7.39. The molecule has 2 heteroatoms. The largest absolute Gasteiger partial charge is 0.127 e. The number of benzene rings is 2. The minimum absolute atomic E-state index is 0.521. The summed E-state index contributed by atoms with van der Waals surface area (Å²) in [5.74, 6) is 2.40. The maximum absolute atomic E-state index is 5.81. The van der Waals surface area contributed by atoms with Crippen LogP contribution in [0.25, 0.3) is 11.1 Å². The number of unbranched alkanes of at least 4 members (excludes halogenated alkanes) is 3. The zero-order valence-electron chi connectivity index (χ0n) is 19.3. The van der Waals surface area contributed by atoms with Crippen molar-refractivity contribution in [3.05, 3.63) is 53.1 Å². The fourth-order valence-electron chi connectivity index (χ4n) is 3.92. The molecule has 2 aromatic rings. The number of halogens is 1. The van der Waals surface area contributed by atoms with Gasteiger partial charge in [-0.3, -0.25) is 0 Å². The molecule has 0 saturated heterocycles. The second-order valence-corrected chi connectivity index (χ2v) is 10.9. The first-order valence-corrected chi connectivity index (χ1v) is 13.2. The molecule has 0 fully saturated rings. The highest BCUT2D eigenvalue weighted by Gasteiger charge is 2.20. The van der Waals surface area contributed by atoms with Gasteiger partial charge in [0.15, 0.2) is 0 Å². The van der Waals surface area contributed by atoms with Gasteiger partial charge in [-0.15, -0.1) is 11.6 Å². The molecule has 0 amide bonds. The lowest BCUT2D eigenvalue weighted by atomic mass is 9.82. The maximum atomic E-state index is 5.81. The van der Waals surface area contributed by atoms with E-state index in [9.17, 15) is 0 Å². The summed E-state index contributed by atoms with van der Waals surface area (Å²) >= 11 is 5.81. The fourth-order valence-corrected chi connectivity index (χ4v) is 5.42. The van der Waals surface area contributed by atoms with Gasteiger partial charge in [0.1, 0.15) is 0 Å². The zero-order valence-corrected chi connectivity index (χ0v) is 21.1. The second-order valence-electron chi connectivity index (χ2n) is 9.11. The van der Waals surface area contributed by atoms with Crippen LogP contribution in [0, 0.1) is 0 Å². The van der Waals surface area contributed by atoms with Gasteiger partial charge in [0.05, 0.1) is 0 Å². The van der Waals surface area contributed by atoms with E-state index in [4.69, 9.17) is 11.6 Å². The molecule has 1 unspecified atom stereocenters. The van der Waals surface area contributed by atoms with Gasteiger partial charge in [-0.05, 0) is 69.9 Å². The van der Waals surface area contributed by atoms with Crippen molar-refractivity contribution in [2.45, 2.75) is 85.0 Å². The van der Waals surface area contributed by atoms with Crippen molar-refractivity contribution in [3.63, 3.8) is 0 Å². The molecule has 0 aromatic heterocycles. The monoisotopic (exact) mass is 430 g/mol. The maximum Gasteiger partial charge on any atom is 0.0223 e. The molecule has 0 aliphatic heterocycles. The van der Waals surface area contributed by atoms with E-state index in [1.165, 1.54) is 58.5 Å². The fraction of sp³-hybridized carbons (Fsp3) is 0.556. The molecule has 0 aliphatic carbocycles. The molecule has 0 heterocycles. The van der Waals surface area contributed by atoms with Crippen molar-refractivity contribution in [1.82, 2.24) is 0 Å². The van der Waals surface area contributed by atoms with Crippen LogP contribution < -0.4 is 5.30 Å². The summed E-state index contributed by atoms with van der Waals surface area (Å²) in [6, 6.07) is 14.1. The van der Waals surface area contributed by atoms with Gasteiger partial charge in [-0.1, -0.05) is 99.4 Å². The van der Waals surface area contributed by atoms with E-state index in [0.29, 0.717) is 17.8 Å². The summed E-state index contributed by atoms with van der Waals surface area (Å²) in [4.78, 5) is 0. The first-order valence-electron chi connectivity index (χ1n) is 11.4. The van der Waals surface area contributed by atoms with Gasteiger partial charge >= 0.3 is 0 Å². The average molecular weight is 431 g/mol. The van der Waals surface area contributed by atoms with Crippen molar-refractivity contribution in [3.8, 4) is 11.1 Å². The lowest BCUT2D eigenvalue weighted by Crippen LogP contribution is -2.09. The van der Waals surface area contributed by atoms with Crippen LogP contribution in [-0.2, 0) is 0 Å². The summed E-state index contributed by atoms with van der Waals surface area (Å²) < 4.78 is 0. The second kappa shape index (κ2) is 12.1. The molecule has 0 aliphatic rings. The third-order valence-electron chi connectivity index (χ3n) is 5.70. The highest BCUT2D eigenvalue weighted by Crippen LogP contribution is 2.39. The molecule has 0 N–H and O–H groups in total. The normalized spacial score (nSPS) is 12.2. The van der Waals surface area contributed by atoms with Gasteiger partial charge in [0, 0.05) is 5.88 Å². The molecule has 2 aromatic carbocycles. The average Bonchev–Trinajstić information content (AvgIpc) is 2.69. The summed E-state index contributed by atoms with van der Waals surface area (Å²) in [7, 11) is 0.880. The van der Waals surface area contributed by atoms with Gasteiger partial charge in [0.25, 0.3) is 0 Å². The summed E-state index contributed by atoms with van der Waals surface area (Å²) in [5.41, 5.74) is 7.47. The quantitative estimate of drug-likeness (QED) is 0.190. The van der Waals surface area contributed by atoms with E-state index in [0.717, 1.165) is 20.9 Å². The third kappa shape index (κ3) is 6.83. The lowest BCUT2D eigenvalue weighted by Gasteiger charge is -2.24. The molecule has 0 nitrogen and oxygen atoms in total. The highest BCUT2D eigenvalue weighted by molar-refractivity contribution is 7.47. The van der Waals surface area contributed by atoms with Crippen LogP contribution in [-0.4, -0.2) is 12.0 Å². The first-order chi connectivity index (χ1) is 13.9. The van der Waals surface area contributed by atoms with Crippen molar-refractivity contribution in [2.24, 2.45) is 0 Å². The first kappa shape index (κ1) is 24.4. The van der Waals surface area contributed by atoms with Crippen LogP contribution in [0.3, 0.4) is 0 Å². The van der Waals surface area contributed by atoms with E-state index >= 15 is 0 Å². The van der Waals surface area contributed by atoms with Crippen LogP contribution >= 0.6 is 20.2 Å². The van der Waals surface area contributed by atoms with Gasteiger partial charge in [0.2, 0.25) is 0 Å². The Morgan fingerprint density at radius 2 is 1.34 bits per heavy atom. The van der Waals surface area contributed by atoms with Gasteiger partial charge in [-0.25, -0.2) is 0 Å². The number of rotatable bonds is 11. The van der Waals surface area contributed by atoms with Crippen LogP contribution in [0.5, 0.6) is 0 Å². The number of hydrogen-bond donors (Lipinski definition) is 0. The molecule has 0 saturated carbocycles. The molecule has 0 spiro atoms. The molecule has 2 rings (SSSR count). The summed E-state index contributed by atoms with van der Waals surface area (Å²) in [6.07, 6.45) is 6.32. The van der Waals surface area contributed by atoms with E-state index in [1.54, 1.807) is 0 Å². The molecular formula is C27H40ClP. The minimum atomic E-state index is 0.521. The topological polar surface area (TPSA) is 0 Å². The Morgan fingerprint density at radius 1 is 0.759 bits per heavy atom. The van der Waals surface area contributed by atoms with Crippen LogP contribution in [0.15, 0.2) is 36.4 Å². The van der Waals surface area contributed by atoms with Crippen molar-refractivity contribution in [1.29, 1.82) is 0 Å². The molecule has 0 radical (unpaired) electrons. The van der Waals surface area contributed by atoms with Crippen molar-refractivity contribution < 1.29 is 0 Å². The Labute approximate surface area is 186 Å². The summed E-state index contributed by atoms with van der Waals surface area (Å²) in [6.45, 7) is 14.0.